The highest BCUT2D eigenvalue weighted by Gasteiger charge is 2.34. The molecule has 4 nitrogen and oxygen atoms in total. The van der Waals surface area contributed by atoms with Crippen LogP contribution in [0.25, 0.3) is 0 Å². The minimum atomic E-state index is -0.665. The topological polar surface area (TPSA) is 49.8 Å². The first-order valence-electron chi connectivity index (χ1n) is 8.38. The van der Waals surface area contributed by atoms with E-state index in [4.69, 9.17) is 4.74 Å². The summed E-state index contributed by atoms with van der Waals surface area (Å²) in [6.07, 6.45) is -0.231. The Bertz CT molecular complexity index is 657. The van der Waals surface area contributed by atoms with E-state index in [1.165, 1.54) is 0 Å². The first-order chi connectivity index (χ1) is 11.6. The molecule has 1 fully saturated rings. The molecule has 0 bridgehead atoms. The van der Waals surface area contributed by atoms with E-state index in [9.17, 15) is 9.90 Å². The van der Waals surface area contributed by atoms with Gasteiger partial charge in [-0.15, -0.1) is 0 Å². The fourth-order valence-electron chi connectivity index (χ4n) is 3.07. The molecular formula is C20H23NO3. The Morgan fingerprint density at radius 3 is 2.33 bits per heavy atom. The van der Waals surface area contributed by atoms with Crippen LogP contribution in [0, 0.1) is 5.92 Å². The molecule has 2 aromatic rings. The van der Waals surface area contributed by atoms with Gasteiger partial charge in [0.25, 0.3) is 5.91 Å². The van der Waals surface area contributed by atoms with E-state index in [0.29, 0.717) is 18.8 Å². The molecule has 24 heavy (non-hydrogen) atoms. The van der Waals surface area contributed by atoms with E-state index >= 15 is 0 Å². The first kappa shape index (κ1) is 16.5. The summed E-state index contributed by atoms with van der Waals surface area (Å²) < 4.78 is 6.02. The normalized spacial score (nSPS) is 19.8. The van der Waals surface area contributed by atoms with Crippen LogP contribution < -0.4 is 4.74 Å². The number of likely N-dealkylation sites (tertiary alicyclic amines) is 1. The maximum atomic E-state index is 13.0. The quantitative estimate of drug-likeness (QED) is 0.919. The lowest BCUT2D eigenvalue weighted by Crippen LogP contribution is -2.36. The van der Waals surface area contributed by atoms with Gasteiger partial charge in [0.1, 0.15) is 5.75 Å². The van der Waals surface area contributed by atoms with Crippen molar-refractivity contribution in [3.05, 3.63) is 66.2 Å². The van der Waals surface area contributed by atoms with E-state index < -0.39 is 12.2 Å². The highest BCUT2D eigenvalue weighted by molar-refractivity contribution is 5.83. The molecule has 0 spiro atoms. The molecule has 1 amide bonds. The number of carbonyl (C=O) groups is 1. The monoisotopic (exact) mass is 325 g/mol. The smallest absolute Gasteiger partial charge is 0.268 e. The van der Waals surface area contributed by atoms with Gasteiger partial charge in [-0.1, -0.05) is 48.5 Å². The average molecular weight is 325 g/mol. The summed E-state index contributed by atoms with van der Waals surface area (Å²) in [5.41, 5.74) is 0.840. The maximum absolute atomic E-state index is 13.0. The summed E-state index contributed by atoms with van der Waals surface area (Å²) in [4.78, 5) is 14.8. The van der Waals surface area contributed by atoms with Gasteiger partial charge < -0.3 is 14.7 Å². The largest absolute Gasteiger partial charge is 0.476 e. The van der Waals surface area contributed by atoms with Crippen LogP contribution in [0.5, 0.6) is 5.75 Å². The van der Waals surface area contributed by atoms with Crippen molar-refractivity contribution in [1.29, 1.82) is 0 Å². The molecule has 1 heterocycles. The Kier molecular flexibility index (Phi) is 5.16. The number of para-hydroxylation sites is 1. The lowest BCUT2D eigenvalue weighted by molar-refractivity contribution is -0.138. The van der Waals surface area contributed by atoms with E-state index in [1.54, 1.807) is 11.8 Å². The molecule has 0 radical (unpaired) electrons. The summed E-state index contributed by atoms with van der Waals surface area (Å²) in [5.74, 6) is 0.765. The predicted molar refractivity (Wildman–Crippen MR) is 92.6 cm³/mol. The van der Waals surface area contributed by atoms with E-state index in [-0.39, 0.29) is 11.8 Å². The zero-order valence-corrected chi connectivity index (χ0v) is 13.8. The molecule has 1 saturated heterocycles. The number of hydrogen-bond acceptors (Lipinski definition) is 3. The van der Waals surface area contributed by atoms with Gasteiger partial charge in [0.2, 0.25) is 6.10 Å². The Balaban J connectivity index is 1.81. The summed E-state index contributed by atoms with van der Waals surface area (Å²) in [5, 5.41) is 9.77. The Morgan fingerprint density at radius 1 is 1.12 bits per heavy atom. The lowest BCUT2D eigenvalue weighted by Gasteiger charge is -2.25. The van der Waals surface area contributed by atoms with Crippen molar-refractivity contribution in [2.24, 2.45) is 5.92 Å². The van der Waals surface area contributed by atoms with Crippen molar-refractivity contribution >= 4 is 5.91 Å². The fourth-order valence-corrected chi connectivity index (χ4v) is 3.07. The van der Waals surface area contributed by atoms with Gasteiger partial charge in [0.15, 0.2) is 0 Å². The van der Waals surface area contributed by atoms with Crippen LogP contribution in [0.4, 0.5) is 0 Å². The third-order valence-corrected chi connectivity index (χ3v) is 4.54. The maximum Gasteiger partial charge on any atom is 0.268 e. The van der Waals surface area contributed by atoms with Crippen LogP contribution in [0.15, 0.2) is 60.7 Å². The molecule has 0 aliphatic carbocycles. The minimum absolute atomic E-state index is 0.0480. The van der Waals surface area contributed by atoms with Crippen molar-refractivity contribution in [3.8, 4) is 5.75 Å². The number of benzene rings is 2. The van der Waals surface area contributed by atoms with Crippen LogP contribution in [-0.2, 0) is 4.79 Å². The van der Waals surface area contributed by atoms with Gasteiger partial charge in [0, 0.05) is 24.6 Å². The third-order valence-electron chi connectivity index (χ3n) is 4.54. The number of aliphatic hydroxyl groups excluding tert-OH is 1. The van der Waals surface area contributed by atoms with Crippen LogP contribution >= 0.6 is 0 Å². The summed E-state index contributed by atoms with van der Waals surface area (Å²) in [6, 6.07) is 19.0. The standard InChI is InChI=1S/C20H23NO3/c1-15(22)17-12-13-21(14-17)20(23)19(16-8-4-2-5-9-16)24-18-10-6-3-7-11-18/h2-11,15,17,19,22H,12-14H2,1H3. The van der Waals surface area contributed by atoms with Crippen molar-refractivity contribution in [1.82, 2.24) is 4.90 Å². The highest BCUT2D eigenvalue weighted by atomic mass is 16.5. The summed E-state index contributed by atoms with van der Waals surface area (Å²) in [6.45, 7) is 3.03. The number of nitrogens with zero attached hydrogens (tertiary/aromatic N) is 1. The van der Waals surface area contributed by atoms with Crippen molar-refractivity contribution in [2.75, 3.05) is 13.1 Å². The number of rotatable bonds is 5. The summed E-state index contributed by atoms with van der Waals surface area (Å²) >= 11 is 0. The van der Waals surface area contributed by atoms with Crippen LogP contribution in [0.2, 0.25) is 0 Å². The first-order valence-corrected chi connectivity index (χ1v) is 8.38. The van der Waals surface area contributed by atoms with Gasteiger partial charge in [-0.05, 0) is 25.5 Å². The average Bonchev–Trinajstić information content (AvgIpc) is 3.11. The third kappa shape index (κ3) is 3.77. The van der Waals surface area contributed by atoms with Crippen molar-refractivity contribution in [3.63, 3.8) is 0 Å². The zero-order chi connectivity index (χ0) is 16.9. The van der Waals surface area contributed by atoms with E-state index in [0.717, 1.165) is 12.0 Å². The van der Waals surface area contributed by atoms with Crippen molar-refractivity contribution < 1.29 is 14.6 Å². The number of hydrogen-bond donors (Lipinski definition) is 1. The molecule has 1 aliphatic heterocycles. The molecule has 2 aromatic carbocycles. The molecule has 3 rings (SSSR count). The second-order valence-electron chi connectivity index (χ2n) is 6.30. The second kappa shape index (κ2) is 7.49. The molecule has 3 atom stereocenters. The van der Waals surface area contributed by atoms with E-state index in [2.05, 4.69) is 0 Å². The molecular weight excluding hydrogens is 302 g/mol. The predicted octanol–water partition coefficient (Wildman–Crippen LogP) is 3.04. The molecule has 1 N–H and O–H groups in total. The Labute approximate surface area is 142 Å². The molecule has 3 unspecified atom stereocenters. The second-order valence-corrected chi connectivity index (χ2v) is 6.30. The van der Waals surface area contributed by atoms with Gasteiger partial charge in [-0.2, -0.15) is 0 Å². The molecule has 0 saturated carbocycles. The SMILES string of the molecule is CC(O)C1CCN(C(=O)C(Oc2ccccc2)c2ccccc2)C1. The number of aliphatic hydroxyl groups is 1. The number of carbonyl (C=O) groups excluding carboxylic acids is 1. The lowest BCUT2D eigenvalue weighted by atomic mass is 10.0. The minimum Gasteiger partial charge on any atom is -0.476 e. The number of amides is 1. The molecule has 0 aromatic heterocycles. The van der Waals surface area contributed by atoms with Crippen LogP contribution in [-0.4, -0.2) is 35.1 Å². The van der Waals surface area contributed by atoms with Crippen LogP contribution in [0.1, 0.15) is 25.0 Å². The molecule has 4 heteroatoms. The summed E-state index contributed by atoms with van der Waals surface area (Å²) in [7, 11) is 0. The van der Waals surface area contributed by atoms with Gasteiger partial charge >= 0.3 is 0 Å². The van der Waals surface area contributed by atoms with Crippen molar-refractivity contribution in [2.45, 2.75) is 25.6 Å². The molecule has 126 valence electrons. The Hall–Kier alpha value is -2.33. The molecule has 1 aliphatic rings. The Morgan fingerprint density at radius 2 is 1.75 bits per heavy atom. The fraction of sp³-hybridized carbons (Fsp3) is 0.350. The van der Waals surface area contributed by atoms with Crippen LogP contribution in [0.3, 0.4) is 0 Å². The highest BCUT2D eigenvalue weighted by Crippen LogP contribution is 2.27. The zero-order valence-electron chi connectivity index (χ0n) is 13.8. The number of ether oxygens (including phenoxy) is 1. The van der Waals surface area contributed by atoms with Gasteiger partial charge in [0.05, 0.1) is 6.10 Å². The van der Waals surface area contributed by atoms with Gasteiger partial charge in [-0.3, -0.25) is 4.79 Å². The van der Waals surface area contributed by atoms with Gasteiger partial charge in [-0.25, -0.2) is 0 Å². The van der Waals surface area contributed by atoms with E-state index in [1.807, 2.05) is 60.7 Å².